The molecular weight excluding hydrogens is 1760 g/mol. The zero-order valence-electron chi connectivity index (χ0n) is 84.0. The summed E-state index contributed by atoms with van der Waals surface area (Å²) in [5.41, 5.74) is 48.7. The maximum absolute atomic E-state index is 7.70. The van der Waals surface area contributed by atoms with Gasteiger partial charge in [0, 0.05) is 146 Å². The van der Waals surface area contributed by atoms with Crippen molar-refractivity contribution in [2.45, 2.75) is 193 Å². The maximum Gasteiger partial charge on any atom is 0.333 e. The van der Waals surface area contributed by atoms with Crippen LogP contribution in [0.15, 0.2) is 291 Å². The third-order valence-corrected chi connectivity index (χ3v) is 38.0. The van der Waals surface area contributed by atoms with E-state index in [0.29, 0.717) is 0 Å². The summed E-state index contributed by atoms with van der Waals surface area (Å²) >= 11 is 1.99. The van der Waals surface area contributed by atoms with E-state index in [2.05, 4.69) is 409 Å². The molecule has 0 saturated carbocycles. The first kappa shape index (κ1) is 82.1. The summed E-state index contributed by atoms with van der Waals surface area (Å²) in [6.07, 6.45) is 5.29. The van der Waals surface area contributed by atoms with Crippen molar-refractivity contribution in [3.05, 3.63) is 334 Å². The highest BCUT2D eigenvalue weighted by Gasteiger charge is 2.55. The minimum atomic E-state index is -0.413. The molecule has 0 saturated heterocycles. The fourth-order valence-corrected chi connectivity index (χ4v) is 30.6. The Morgan fingerprint density at radius 2 is 0.769 bits per heavy atom. The second-order valence-corrected chi connectivity index (χ2v) is 50.2. The van der Waals surface area contributed by atoms with Crippen molar-refractivity contribution >= 4 is 221 Å². The molecule has 4 aliphatic heterocycles. The molecule has 0 radical (unpaired) electrons. The fourth-order valence-electron chi connectivity index (χ4n) is 29.4. The van der Waals surface area contributed by atoms with Crippen LogP contribution in [0, 0.1) is 0 Å². The maximum atomic E-state index is 7.70. The molecule has 0 fully saturated rings. The SMILES string of the molecule is CC(C)(C)c1ccc(N2B3c4cc5oc6ccccc6c5cc4-n4c5cc6c(cc5c5c7c(c(c3c54)-c3cc4c(cc32)C(C)(C)CCC4(C)C)C(C)(C)c2ccccc2-7)sc2cc(CC3(C)CCC(C)(C)c4cc5c(cc43)C(C)(C)c3cc4c(cc3-5)-c3c5c7c(c8cc9oc%10ccccc%10c9cc8n7-c7cc8c(cc7B5N4c4ccc(C(C)(C)C)cc4)oc4ccccc48)c4c3oc3ccccc34)ccc26)cc1. The summed E-state index contributed by atoms with van der Waals surface area (Å²) in [5.74, 6) is 0. The van der Waals surface area contributed by atoms with Crippen molar-refractivity contribution in [2.75, 3.05) is 9.62 Å². The number of fused-ring (bicyclic) bond motifs is 43. The lowest BCUT2D eigenvalue weighted by Crippen LogP contribution is -2.61. The van der Waals surface area contributed by atoms with Gasteiger partial charge in [-0.05, 0) is 309 Å². The van der Waals surface area contributed by atoms with E-state index in [-0.39, 0.29) is 51.6 Å². The number of hydrogen-bond acceptors (Lipinski definition) is 7. The lowest BCUT2D eigenvalue weighted by atomic mass is 9.43. The average Bonchev–Trinajstić information content (AvgIpc) is 1.50. The highest BCUT2D eigenvalue weighted by molar-refractivity contribution is 7.26. The molecule has 0 N–H and O–H groups in total. The number of benzene rings is 17. The smallest absolute Gasteiger partial charge is 0.333 e. The van der Waals surface area contributed by atoms with Gasteiger partial charge in [0.25, 0.3) is 0 Å². The molecule has 7 aromatic heterocycles. The molecule has 0 amide bonds. The number of para-hydroxylation sites is 4. The van der Waals surface area contributed by atoms with Gasteiger partial charge in [0.2, 0.25) is 0 Å². The summed E-state index contributed by atoms with van der Waals surface area (Å²) in [7, 11) is 0. The molecular formula is C132H106B2N4O4S. The zero-order valence-corrected chi connectivity index (χ0v) is 84.8. The van der Waals surface area contributed by atoms with Crippen LogP contribution in [0.5, 0.6) is 0 Å². The normalized spacial score (nSPS) is 17.7. The van der Waals surface area contributed by atoms with Gasteiger partial charge in [0.1, 0.15) is 44.7 Å². The van der Waals surface area contributed by atoms with E-state index >= 15 is 0 Å². The number of nitrogens with zero attached hydrogens (tertiary/aromatic N) is 4. The van der Waals surface area contributed by atoms with Crippen LogP contribution in [-0.2, 0) is 49.7 Å². The Morgan fingerprint density at radius 1 is 0.308 bits per heavy atom. The molecule has 8 aliphatic rings. The van der Waals surface area contributed by atoms with Crippen LogP contribution in [0.1, 0.15) is 205 Å². The monoisotopic (exact) mass is 1860 g/mol. The fraction of sp³-hybridized carbons (Fsp3) is 0.227. The van der Waals surface area contributed by atoms with Gasteiger partial charge in [-0.25, -0.2) is 0 Å². The van der Waals surface area contributed by atoms with Gasteiger partial charge in [0.15, 0.2) is 0 Å². The number of anilines is 4. The van der Waals surface area contributed by atoms with Gasteiger partial charge in [-0.1, -0.05) is 257 Å². The van der Waals surface area contributed by atoms with Crippen LogP contribution < -0.4 is 31.5 Å². The third-order valence-electron chi connectivity index (χ3n) is 36.9. The summed E-state index contributed by atoms with van der Waals surface area (Å²) in [6.45, 7) is 41.2. The van der Waals surface area contributed by atoms with E-state index in [0.717, 1.165) is 153 Å². The van der Waals surface area contributed by atoms with Gasteiger partial charge in [-0.3, -0.25) is 0 Å². The Morgan fingerprint density at radius 3 is 1.36 bits per heavy atom. The molecule has 0 bridgehead atoms. The first-order valence-corrected chi connectivity index (χ1v) is 52.7. The Balaban J connectivity index is 0.587. The van der Waals surface area contributed by atoms with Crippen molar-refractivity contribution in [1.82, 2.24) is 9.13 Å². The van der Waals surface area contributed by atoms with Crippen molar-refractivity contribution in [3.63, 3.8) is 0 Å². The second-order valence-electron chi connectivity index (χ2n) is 49.1. The lowest BCUT2D eigenvalue weighted by Gasteiger charge is -2.47. The topological polar surface area (TPSA) is 68.9 Å². The summed E-state index contributed by atoms with van der Waals surface area (Å²) in [4.78, 5) is 5.51. The van der Waals surface area contributed by atoms with Crippen LogP contribution in [-0.4, -0.2) is 22.8 Å². The summed E-state index contributed by atoms with van der Waals surface area (Å²) in [6, 6.07) is 107. The van der Waals surface area contributed by atoms with E-state index < -0.39 is 5.41 Å². The standard InChI is InChI=1S/C132H106B2N4O4S/c1-125(2,3)69-39-43-71(44-40-69)137-100-63-91-79(53-85(100)118-121-123-115(116-78-32-22-27-37-107(78)142-124(116)118)87-60-108-81(73-28-19-24-34-104(73)139-108)56-98(87)135(123)103-58-83-75-30-21-26-36-106(75)141-110(83)66-97(103)134(121)137)80-54-93-95(62-90(80)130(91,13)14)132(17,51-50-129(93,11)12)67-68-38-47-76-84-59-99-88(61-112(84)143-111(76)52-68)114-113-77-31-18-23-33-89(77)131(15,16)119(113)117-86-55-92-94(128(9,10)49-48-127(92,7)8)64-101(86)138(72-45-41-70(42-46-72)126(4,5)6)133-96-65-109-82(74-29-20-25-35-105(74)140-109)57-102(96)136(99)122(114)120(117)133/h18-47,52-66H,48-51,67H2,1-17H3. The van der Waals surface area contributed by atoms with E-state index in [1.54, 1.807) is 0 Å². The molecule has 1 unspecified atom stereocenters. The van der Waals surface area contributed by atoms with E-state index in [9.17, 15) is 0 Å². The molecule has 143 heavy (non-hydrogen) atoms. The quantitative estimate of drug-likeness (QED) is 0.164. The van der Waals surface area contributed by atoms with Gasteiger partial charge in [0.05, 0.1) is 22.1 Å². The average molecular weight is 1870 g/mol. The number of rotatable bonds is 4. The van der Waals surface area contributed by atoms with Crippen LogP contribution in [0.25, 0.3) is 207 Å². The Hall–Kier alpha value is -14.5. The number of thiophene rings is 1. The summed E-state index contributed by atoms with van der Waals surface area (Å²) < 4.78 is 36.9. The van der Waals surface area contributed by atoms with Gasteiger partial charge >= 0.3 is 13.7 Å². The molecule has 11 heteroatoms. The zero-order chi connectivity index (χ0) is 96.3. The Bertz CT molecular complexity index is 10100. The lowest BCUT2D eigenvalue weighted by molar-refractivity contribution is 0.310. The minimum absolute atomic E-state index is 0.0301. The first-order valence-electron chi connectivity index (χ1n) is 51.9. The third kappa shape index (κ3) is 10.3. The second kappa shape index (κ2) is 26.5. The highest BCUT2D eigenvalue weighted by atomic mass is 32.1. The van der Waals surface area contributed by atoms with E-state index in [4.69, 9.17) is 17.7 Å². The molecule has 1 atom stereocenters. The predicted octanol–water partition coefficient (Wildman–Crippen LogP) is 33.5. The van der Waals surface area contributed by atoms with Crippen molar-refractivity contribution in [3.8, 4) is 55.9 Å². The molecule has 17 aromatic carbocycles. The molecule has 0 spiro atoms. The van der Waals surface area contributed by atoms with Gasteiger partial charge in [-0.15, -0.1) is 11.3 Å². The van der Waals surface area contributed by atoms with Gasteiger partial charge < -0.3 is 36.4 Å². The van der Waals surface area contributed by atoms with Crippen molar-refractivity contribution in [1.29, 1.82) is 0 Å². The first-order chi connectivity index (χ1) is 68.7. The summed E-state index contributed by atoms with van der Waals surface area (Å²) in [5, 5.41) is 16.5. The Kier molecular flexibility index (Phi) is 15.2. The van der Waals surface area contributed by atoms with E-state index in [1.807, 2.05) is 11.3 Å². The van der Waals surface area contributed by atoms with Crippen LogP contribution >= 0.6 is 11.3 Å². The number of hydrogen-bond donors (Lipinski definition) is 0. The molecule has 4 aliphatic carbocycles. The van der Waals surface area contributed by atoms with Gasteiger partial charge in [-0.2, -0.15) is 0 Å². The number of aromatic nitrogens is 2. The van der Waals surface area contributed by atoms with Crippen LogP contribution in [0.4, 0.5) is 22.7 Å². The van der Waals surface area contributed by atoms with Crippen molar-refractivity contribution in [2.24, 2.45) is 0 Å². The predicted molar refractivity (Wildman–Crippen MR) is 603 cm³/mol. The molecule has 24 aromatic rings. The molecule has 11 heterocycles. The Labute approximate surface area is 834 Å². The molecule has 8 nitrogen and oxygen atoms in total. The van der Waals surface area contributed by atoms with E-state index in [1.165, 1.54) is 192 Å². The van der Waals surface area contributed by atoms with Crippen LogP contribution in [0.3, 0.4) is 0 Å². The molecule has 690 valence electrons. The largest absolute Gasteiger partial charge is 0.456 e. The number of furan rings is 4. The van der Waals surface area contributed by atoms with Crippen molar-refractivity contribution < 1.29 is 17.7 Å². The minimum Gasteiger partial charge on any atom is -0.456 e. The molecule has 32 rings (SSSR count). The highest BCUT2D eigenvalue weighted by Crippen LogP contribution is 2.65. The van der Waals surface area contributed by atoms with Crippen LogP contribution in [0.2, 0.25) is 0 Å².